The lowest BCUT2D eigenvalue weighted by atomic mass is 10.2. The number of hydrogen-bond acceptors (Lipinski definition) is 5. The van der Waals surface area contributed by atoms with E-state index in [1.807, 2.05) is 37.3 Å². The largest absolute Gasteiger partial charge is 0.334 e. The van der Waals surface area contributed by atoms with Crippen molar-refractivity contribution in [3.63, 3.8) is 0 Å². The van der Waals surface area contributed by atoms with Crippen LogP contribution >= 0.6 is 27.5 Å². The number of aromatic nitrogens is 3. The summed E-state index contributed by atoms with van der Waals surface area (Å²) in [6, 6.07) is 15.7. The first kappa shape index (κ1) is 21.0. The summed E-state index contributed by atoms with van der Waals surface area (Å²) >= 11 is 9.41. The zero-order valence-electron chi connectivity index (χ0n) is 16.3. The molecule has 9 heteroatoms. The standard InChI is InChI=1S/C22H16BrClN4O3/c1-13-5-7-17(24)10-18(13)25-19(29)12-28-11-15(6-8-20(28)30)22-26-21(27-31-22)14-3-2-4-16(23)9-14/h2-11H,12H2,1H3,(H,25,29). The fourth-order valence-corrected chi connectivity index (χ4v) is 3.51. The quantitative estimate of drug-likeness (QED) is 0.421. The third kappa shape index (κ3) is 4.92. The molecule has 0 bridgehead atoms. The number of carbonyl (C=O) groups is 1. The van der Waals surface area contributed by atoms with Crippen LogP contribution in [0.2, 0.25) is 5.02 Å². The van der Waals surface area contributed by atoms with Gasteiger partial charge >= 0.3 is 0 Å². The number of carbonyl (C=O) groups excluding carboxylic acids is 1. The smallest absolute Gasteiger partial charge is 0.259 e. The van der Waals surface area contributed by atoms with E-state index in [0.29, 0.717) is 22.1 Å². The van der Waals surface area contributed by atoms with Crippen molar-refractivity contribution in [3.05, 3.63) is 86.2 Å². The summed E-state index contributed by atoms with van der Waals surface area (Å²) in [5.41, 5.74) is 2.45. The Kier molecular flexibility index (Phi) is 6.01. The molecule has 0 saturated carbocycles. The van der Waals surface area contributed by atoms with Crippen molar-refractivity contribution in [3.8, 4) is 22.8 Å². The Balaban J connectivity index is 1.56. The first-order valence-electron chi connectivity index (χ1n) is 9.25. The van der Waals surface area contributed by atoms with Crippen molar-refractivity contribution < 1.29 is 9.32 Å². The van der Waals surface area contributed by atoms with Gasteiger partial charge in [0.25, 0.3) is 11.4 Å². The molecule has 0 aliphatic heterocycles. The van der Waals surface area contributed by atoms with Gasteiger partial charge in [0, 0.05) is 33.0 Å². The molecule has 0 aliphatic carbocycles. The molecule has 156 valence electrons. The SMILES string of the molecule is Cc1ccc(Cl)cc1NC(=O)Cn1cc(-c2nc(-c3cccc(Br)c3)no2)ccc1=O. The van der Waals surface area contributed by atoms with Crippen LogP contribution < -0.4 is 10.9 Å². The van der Waals surface area contributed by atoms with Gasteiger partial charge in [-0.15, -0.1) is 0 Å². The lowest BCUT2D eigenvalue weighted by molar-refractivity contribution is -0.116. The van der Waals surface area contributed by atoms with Gasteiger partial charge < -0.3 is 14.4 Å². The zero-order valence-corrected chi connectivity index (χ0v) is 18.6. The van der Waals surface area contributed by atoms with Crippen LogP contribution in [-0.4, -0.2) is 20.6 Å². The molecule has 0 radical (unpaired) electrons. The fourth-order valence-electron chi connectivity index (χ4n) is 2.94. The highest BCUT2D eigenvalue weighted by atomic mass is 79.9. The Morgan fingerprint density at radius 2 is 2.00 bits per heavy atom. The second kappa shape index (κ2) is 8.87. The minimum absolute atomic E-state index is 0.175. The second-order valence-electron chi connectivity index (χ2n) is 6.82. The highest BCUT2D eigenvalue weighted by molar-refractivity contribution is 9.10. The van der Waals surface area contributed by atoms with Gasteiger partial charge in [-0.25, -0.2) is 0 Å². The molecule has 0 spiro atoms. The van der Waals surface area contributed by atoms with E-state index < -0.39 is 0 Å². The van der Waals surface area contributed by atoms with E-state index >= 15 is 0 Å². The number of halogens is 2. The molecule has 0 atom stereocenters. The summed E-state index contributed by atoms with van der Waals surface area (Å²) in [6.07, 6.45) is 1.52. The predicted octanol–water partition coefficient (Wildman–Crippen LogP) is 4.93. The van der Waals surface area contributed by atoms with Crippen molar-refractivity contribution in [2.45, 2.75) is 13.5 Å². The minimum atomic E-state index is -0.357. The van der Waals surface area contributed by atoms with Crippen LogP contribution in [0.15, 0.2) is 74.6 Å². The normalized spacial score (nSPS) is 10.8. The first-order valence-corrected chi connectivity index (χ1v) is 10.4. The van der Waals surface area contributed by atoms with Crippen LogP contribution in [0.1, 0.15) is 5.56 Å². The van der Waals surface area contributed by atoms with Gasteiger partial charge in [0.15, 0.2) is 0 Å². The Labute approximate surface area is 190 Å². The van der Waals surface area contributed by atoms with Gasteiger partial charge in [-0.1, -0.05) is 50.9 Å². The summed E-state index contributed by atoms with van der Waals surface area (Å²) in [4.78, 5) is 29.2. The third-order valence-corrected chi connectivity index (χ3v) is 5.26. The van der Waals surface area contributed by atoms with Crippen molar-refractivity contribution >= 4 is 39.1 Å². The van der Waals surface area contributed by atoms with E-state index in [-0.39, 0.29) is 23.9 Å². The number of nitrogens with one attached hydrogen (secondary N) is 1. The van der Waals surface area contributed by atoms with Crippen molar-refractivity contribution in [1.82, 2.24) is 14.7 Å². The van der Waals surface area contributed by atoms with Crippen LogP contribution in [0.4, 0.5) is 5.69 Å². The van der Waals surface area contributed by atoms with Crippen LogP contribution in [0.25, 0.3) is 22.8 Å². The van der Waals surface area contributed by atoms with E-state index in [9.17, 15) is 9.59 Å². The minimum Gasteiger partial charge on any atom is -0.334 e. The number of benzene rings is 2. The number of hydrogen-bond donors (Lipinski definition) is 1. The maximum atomic E-state index is 12.5. The molecule has 0 saturated heterocycles. The number of nitrogens with zero attached hydrogens (tertiary/aromatic N) is 3. The highest BCUT2D eigenvalue weighted by Gasteiger charge is 2.14. The summed E-state index contributed by atoms with van der Waals surface area (Å²) in [7, 11) is 0. The molecule has 7 nitrogen and oxygen atoms in total. The summed E-state index contributed by atoms with van der Waals surface area (Å²) in [5.74, 6) is 0.308. The van der Waals surface area contributed by atoms with Crippen LogP contribution in [0, 0.1) is 6.92 Å². The van der Waals surface area contributed by atoms with E-state index in [1.54, 1.807) is 18.2 Å². The Hall–Kier alpha value is -3.23. The first-order chi connectivity index (χ1) is 14.9. The van der Waals surface area contributed by atoms with Crippen molar-refractivity contribution in [2.24, 2.45) is 0 Å². The fraction of sp³-hybridized carbons (Fsp3) is 0.0909. The lowest BCUT2D eigenvalue weighted by Crippen LogP contribution is -2.27. The Bertz CT molecular complexity index is 1330. The van der Waals surface area contributed by atoms with Crippen LogP contribution in [0.3, 0.4) is 0 Å². The number of anilines is 1. The zero-order chi connectivity index (χ0) is 22.0. The monoisotopic (exact) mass is 498 g/mol. The van der Waals surface area contributed by atoms with E-state index in [4.69, 9.17) is 16.1 Å². The van der Waals surface area contributed by atoms with E-state index in [0.717, 1.165) is 15.6 Å². The number of amides is 1. The molecule has 0 unspecified atom stereocenters. The second-order valence-corrected chi connectivity index (χ2v) is 8.18. The maximum Gasteiger partial charge on any atom is 0.259 e. The summed E-state index contributed by atoms with van der Waals surface area (Å²) in [6.45, 7) is 1.68. The molecule has 4 aromatic rings. The maximum absolute atomic E-state index is 12.5. The number of pyridine rings is 1. The molecule has 4 rings (SSSR count). The Morgan fingerprint density at radius 1 is 1.16 bits per heavy atom. The van der Waals surface area contributed by atoms with Gasteiger partial charge in [-0.2, -0.15) is 4.98 Å². The molecule has 31 heavy (non-hydrogen) atoms. The molecular weight excluding hydrogens is 484 g/mol. The number of rotatable bonds is 5. The number of aryl methyl sites for hydroxylation is 1. The average molecular weight is 500 g/mol. The summed E-state index contributed by atoms with van der Waals surface area (Å²) < 4.78 is 7.54. The third-order valence-electron chi connectivity index (χ3n) is 4.53. The van der Waals surface area contributed by atoms with Gasteiger partial charge in [-0.05, 0) is 42.8 Å². The van der Waals surface area contributed by atoms with Crippen molar-refractivity contribution in [2.75, 3.05) is 5.32 Å². The van der Waals surface area contributed by atoms with E-state index in [2.05, 4.69) is 31.4 Å². The highest BCUT2D eigenvalue weighted by Crippen LogP contribution is 2.24. The van der Waals surface area contributed by atoms with E-state index in [1.165, 1.54) is 16.8 Å². The van der Waals surface area contributed by atoms with Gasteiger partial charge in [0.05, 0.1) is 5.56 Å². The molecule has 1 amide bonds. The lowest BCUT2D eigenvalue weighted by Gasteiger charge is -2.10. The Morgan fingerprint density at radius 3 is 2.81 bits per heavy atom. The molecule has 2 heterocycles. The predicted molar refractivity (Wildman–Crippen MR) is 122 cm³/mol. The molecule has 0 aliphatic rings. The molecule has 2 aromatic heterocycles. The van der Waals surface area contributed by atoms with Gasteiger partial charge in [0.2, 0.25) is 11.7 Å². The van der Waals surface area contributed by atoms with Crippen molar-refractivity contribution in [1.29, 1.82) is 0 Å². The molecule has 1 N–H and O–H groups in total. The molecular formula is C22H16BrClN4O3. The average Bonchev–Trinajstić information content (AvgIpc) is 3.23. The van der Waals surface area contributed by atoms with Gasteiger partial charge in [-0.3, -0.25) is 9.59 Å². The molecule has 2 aromatic carbocycles. The van der Waals surface area contributed by atoms with Gasteiger partial charge in [0.1, 0.15) is 6.54 Å². The summed E-state index contributed by atoms with van der Waals surface area (Å²) in [5, 5.41) is 7.29. The van der Waals surface area contributed by atoms with Crippen LogP contribution in [0.5, 0.6) is 0 Å². The van der Waals surface area contributed by atoms with Crippen LogP contribution in [-0.2, 0) is 11.3 Å². The molecule has 0 fully saturated rings. The topological polar surface area (TPSA) is 90.0 Å².